The third-order valence-corrected chi connectivity index (χ3v) is 5.83. The Hall–Kier alpha value is -2.69. The lowest BCUT2D eigenvalue weighted by Crippen LogP contribution is -2.35. The molecule has 0 aliphatic heterocycles. The van der Waals surface area contributed by atoms with Crippen molar-refractivity contribution in [1.82, 2.24) is 14.3 Å². The van der Waals surface area contributed by atoms with Crippen molar-refractivity contribution in [2.24, 2.45) is 0 Å². The largest absolute Gasteiger partial charge is 0.383 e. The highest BCUT2D eigenvalue weighted by Crippen LogP contribution is 2.20. The maximum atomic E-state index is 13.5. The molecule has 28 heavy (non-hydrogen) atoms. The molecule has 3 aromatic rings. The van der Waals surface area contributed by atoms with E-state index in [1.54, 1.807) is 24.3 Å². The maximum Gasteiger partial charge on any atom is 0.258 e. The number of para-hydroxylation sites is 1. The Bertz CT molecular complexity index is 1140. The first-order valence-corrected chi connectivity index (χ1v) is 9.68. The summed E-state index contributed by atoms with van der Waals surface area (Å²) >= 11 is 0. The quantitative estimate of drug-likeness (QED) is 0.645. The number of hydrogen-bond donors (Lipinski definition) is 1. The summed E-state index contributed by atoms with van der Waals surface area (Å²) in [6.45, 7) is -0.369. The van der Waals surface area contributed by atoms with Crippen molar-refractivity contribution in [2.45, 2.75) is 11.4 Å². The molecule has 0 amide bonds. The van der Waals surface area contributed by atoms with Crippen LogP contribution >= 0.6 is 0 Å². The van der Waals surface area contributed by atoms with Crippen molar-refractivity contribution in [2.75, 3.05) is 20.3 Å². The number of aromatic amines is 1. The Morgan fingerprint density at radius 2 is 1.82 bits per heavy atom. The Labute approximate surface area is 159 Å². The average molecular weight is 409 g/mol. The number of hydrogen-bond acceptors (Lipinski definition) is 5. The van der Waals surface area contributed by atoms with Gasteiger partial charge in [-0.3, -0.25) is 4.79 Å². The van der Waals surface area contributed by atoms with Crippen LogP contribution in [0.3, 0.4) is 0 Å². The first-order valence-electron chi connectivity index (χ1n) is 8.24. The fourth-order valence-corrected chi connectivity index (χ4v) is 4.11. The first-order chi connectivity index (χ1) is 13.3. The molecular formula is C18H17F2N3O4S. The van der Waals surface area contributed by atoms with Gasteiger partial charge in [0.2, 0.25) is 10.0 Å². The van der Waals surface area contributed by atoms with Crippen LogP contribution < -0.4 is 5.56 Å². The topological polar surface area (TPSA) is 92.4 Å². The predicted molar refractivity (Wildman–Crippen MR) is 98.2 cm³/mol. The third kappa shape index (κ3) is 4.24. The fraction of sp³-hybridized carbons (Fsp3) is 0.222. The molecule has 0 saturated carbocycles. The number of halogens is 2. The predicted octanol–water partition coefficient (Wildman–Crippen LogP) is 2.04. The zero-order valence-electron chi connectivity index (χ0n) is 14.9. The molecule has 2 aromatic carbocycles. The summed E-state index contributed by atoms with van der Waals surface area (Å²) in [5.41, 5.74) is -0.0105. The summed E-state index contributed by atoms with van der Waals surface area (Å²) in [5, 5.41) is 0.366. The lowest BCUT2D eigenvalue weighted by Gasteiger charge is -2.21. The van der Waals surface area contributed by atoms with Crippen molar-refractivity contribution >= 4 is 20.9 Å². The van der Waals surface area contributed by atoms with Crippen LogP contribution in [0.25, 0.3) is 10.9 Å². The van der Waals surface area contributed by atoms with E-state index in [-0.39, 0.29) is 25.5 Å². The smallest absolute Gasteiger partial charge is 0.258 e. The molecule has 0 radical (unpaired) electrons. The van der Waals surface area contributed by atoms with Crippen LogP contribution in [0.1, 0.15) is 5.82 Å². The number of rotatable bonds is 7. The van der Waals surface area contributed by atoms with Crippen molar-refractivity contribution in [3.8, 4) is 0 Å². The lowest BCUT2D eigenvalue weighted by atomic mass is 10.2. The number of ether oxygens (including phenoxy) is 1. The summed E-state index contributed by atoms with van der Waals surface area (Å²) in [6, 6.07) is 8.66. The summed E-state index contributed by atoms with van der Waals surface area (Å²) in [6.07, 6.45) is 0. The number of nitrogens with zero attached hydrogens (tertiary/aromatic N) is 2. The minimum Gasteiger partial charge on any atom is -0.383 e. The molecule has 0 saturated heterocycles. The summed E-state index contributed by atoms with van der Waals surface area (Å²) < 4.78 is 58.7. The van der Waals surface area contributed by atoms with Crippen LogP contribution in [-0.4, -0.2) is 43.0 Å². The van der Waals surface area contributed by atoms with Gasteiger partial charge in [-0.25, -0.2) is 22.2 Å². The zero-order chi connectivity index (χ0) is 20.3. The van der Waals surface area contributed by atoms with E-state index in [0.717, 1.165) is 16.4 Å². The van der Waals surface area contributed by atoms with E-state index in [2.05, 4.69) is 9.97 Å². The van der Waals surface area contributed by atoms with Crippen molar-refractivity contribution in [3.63, 3.8) is 0 Å². The van der Waals surface area contributed by atoms with Crippen LogP contribution in [0.5, 0.6) is 0 Å². The molecule has 7 nitrogen and oxygen atoms in total. The summed E-state index contributed by atoms with van der Waals surface area (Å²) in [5.74, 6) is -1.93. The van der Waals surface area contributed by atoms with Crippen molar-refractivity contribution in [1.29, 1.82) is 0 Å². The molecule has 0 aliphatic carbocycles. The molecule has 3 rings (SSSR count). The van der Waals surface area contributed by atoms with Crippen LogP contribution in [0.15, 0.2) is 52.2 Å². The van der Waals surface area contributed by atoms with Gasteiger partial charge in [0.25, 0.3) is 5.56 Å². The van der Waals surface area contributed by atoms with Crippen LogP contribution in [-0.2, 0) is 21.3 Å². The lowest BCUT2D eigenvalue weighted by molar-refractivity contribution is 0.176. The van der Waals surface area contributed by atoms with Gasteiger partial charge in [0.05, 0.1) is 29.0 Å². The summed E-state index contributed by atoms with van der Waals surface area (Å²) in [7, 11) is -2.88. The van der Waals surface area contributed by atoms with Crippen LogP contribution in [0.4, 0.5) is 8.78 Å². The van der Waals surface area contributed by atoms with Crippen LogP contribution in [0.2, 0.25) is 0 Å². The number of fused-ring (bicyclic) bond motifs is 1. The van der Waals surface area contributed by atoms with E-state index in [9.17, 15) is 22.0 Å². The van der Waals surface area contributed by atoms with Gasteiger partial charge in [0.15, 0.2) is 0 Å². The SMILES string of the molecule is COCCN(Cc1nc2ccccc2c(=O)[nH]1)S(=O)(=O)c1cc(F)cc(F)c1. The summed E-state index contributed by atoms with van der Waals surface area (Å²) in [4.78, 5) is 18.5. The zero-order valence-corrected chi connectivity index (χ0v) is 15.7. The molecule has 148 valence electrons. The van der Waals surface area contributed by atoms with Crippen molar-refractivity contribution in [3.05, 3.63) is 70.3 Å². The molecule has 1 aromatic heterocycles. The number of H-pyrrole nitrogens is 1. The molecule has 1 N–H and O–H groups in total. The van der Waals surface area contributed by atoms with Gasteiger partial charge >= 0.3 is 0 Å². The number of methoxy groups -OCH3 is 1. The van der Waals surface area contributed by atoms with Crippen LogP contribution in [0, 0.1) is 11.6 Å². The van der Waals surface area contributed by atoms with Gasteiger partial charge in [0, 0.05) is 19.7 Å². The Kier molecular flexibility index (Phi) is 5.82. The number of aromatic nitrogens is 2. The highest BCUT2D eigenvalue weighted by molar-refractivity contribution is 7.89. The molecule has 0 aliphatic rings. The molecular weight excluding hydrogens is 392 g/mol. The van der Waals surface area contributed by atoms with E-state index in [1.807, 2.05) is 0 Å². The normalized spacial score (nSPS) is 12.0. The highest BCUT2D eigenvalue weighted by atomic mass is 32.2. The van der Waals surface area contributed by atoms with Gasteiger partial charge < -0.3 is 9.72 Å². The Morgan fingerprint density at radius 3 is 2.50 bits per heavy atom. The van der Waals surface area contributed by atoms with E-state index in [1.165, 1.54) is 7.11 Å². The first kappa shape index (κ1) is 20.1. The fourth-order valence-electron chi connectivity index (χ4n) is 2.68. The average Bonchev–Trinajstić information content (AvgIpc) is 2.64. The van der Waals surface area contributed by atoms with Gasteiger partial charge in [-0.1, -0.05) is 12.1 Å². The molecule has 0 bridgehead atoms. The third-order valence-electron chi connectivity index (χ3n) is 4.01. The Morgan fingerprint density at radius 1 is 1.14 bits per heavy atom. The molecule has 0 fully saturated rings. The molecule has 10 heteroatoms. The molecule has 0 spiro atoms. The second kappa shape index (κ2) is 8.13. The second-order valence-corrected chi connectivity index (χ2v) is 7.90. The monoisotopic (exact) mass is 409 g/mol. The standard InChI is InChI=1S/C18H17F2N3O4S/c1-27-7-6-23(28(25,26)14-9-12(19)8-13(20)10-14)11-17-21-16-5-3-2-4-15(16)18(24)22-17/h2-5,8-10H,6-7,11H2,1H3,(H,21,22,24). The number of sulfonamides is 1. The van der Waals surface area contributed by atoms with E-state index < -0.39 is 32.1 Å². The van der Waals surface area contributed by atoms with E-state index >= 15 is 0 Å². The van der Waals surface area contributed by atoms with Gasteiger partial charge in [0.1, 0.15) is 17.5 Å². The number of benzene rings is 2. The molecule has 0 unspecified atom stereocenters. The maximum absolute atomic E-state index is 13.5. The van der Waals surface area contributed by atoms with E-state index in [4.69, 9.17) is 4.74 Å². The second-order valence-electron chi connectivity index (χ2n) is 5.97. The Balaban J connectivity index is 2.01. The highest BCUT2D eigenvalue weighted by Gasteiger charge is 2.26. The van der Waals surface area contributed by atoms with Gasteiger partial charge in [-0.05, 0) is 24.3 Å². The molecule has 1 heterocycles. The minimum atomic E-state index is -4.27. The molecule has 0 atom stereocenters. The van der Waals surface area contributed by atoms with Gasteiger partial charge in [-0.15, -0.1) is 0 Å². The minimum absolute atomic E-state index is 0.0365. The van der Waals surface area contributed by atoms with Gasteiger partial charge in [-0.2, -0.15) is 4.31 Å². The van der Waals surface area contributed by atoms with E-state index in [0.29, 0.717) is 17.0 Å². The number of nitrogens with one attached hydrogen (secondary N) is 1. The van der Waals surface area contributed by atoms with Crippen molar-refractivity contribution < 1.29 is 21.9 Å².